The lowest BCUT2D eigenvalue weighted by molar-refractivity contribution is 0.502. The predicted octanol–water partition coefficient (Wildman–Crippen LogP) is 3.19. The predicted molar refractivity (Wildman–Crippen MR) is 73.0 cm³/mol. The van der Waals surface area contributed by atoms with Crippen LogP contribution in [0.1, 0.15) is 31.9 Å². The molecule has 0 fully saturated rings. The molecule has 18 heavy (non-hydrogen) atoms. The van der Waals surface area contributed by atoms with E-state index in [-0.39, 0.29) is 6.04 Å². The number of aromatic nitrogens is 1. The highest BCUT2D eigenvalue weighted by molar-refractivity contribution is 5.82. The van der Waals surface area contributed by atoms with Gasteiger partial charge in [-0.15, -0.1) is 0 Å². The molecule has 92 valence electrons. The molecule has 2 atom stereocenters. The molecule has 0 saturated heterocycles. The number of benzene rings is 1. The van der Waals surface area contributed by atoms with Gasteiger partial charge in [0.05, 0.1) is 11.6 Å². The molecule has 2 unspecified atom stereocenters. The lowest BCUT2D eigenvalue weighted by atomic mass is 10.0. The van der Waals surface area contributed by atoms with Crippen molar-refractivity contribution in [2.24, 2.45) is 0 Å². The Hall–Kier alpha value is -1.92. The van der Waals surface area contributed by atoms with Gasteiger partial charge in [-0.3, -0.25) is 10.3 Å². The van der Waals surface area contributed by atoms with Gasteiger partial charge in [0.1, 0.15) is 6.04 Å². The molecule has 0 amide bonds. The van der Waals surface area contributed by atoms with Crippen LogP contribution in [0, 0.1) is 11.3 Å². The highest BCUT2D eigenvalue weighted by Gasteiger charge is 2.15. The van der Waals surface area contributed by atoms with Crippen LogP contribution >= 0.6 is 0 Å². The van der Waals surface area contributed by atoms with E-state index < -0.39 is 0 Å². The van der Waals surface area contributed by atoms with Crippen molar-refractivity contribution in [3.8, 4) is 6.07 Å². The minimum Gasteiger partial charge on any atom is -0.296 e. The van der Waals surface area contributed by atoms with Crippen LogP contribution in [0.2, 0.25) is 0 Å². The monoisotopic (exact) mass is 239 g/mol. The van der Waals surface area contributed by atoms with E-state index in [4.69, 9.17) is 0 Å². The largest absolute Gasteiger partial charge is 0.296 e. The summed E-state index contributed by atoms with van der Waals surface area (Å²) >= 11 is 0. The van der Waals surface area contributed by atoms with Crippen LogP contribution in [0.15, 0.2) is 36.5 Å². The lowest BCUT2D eigenvalue weighted by Gasteiger charge is -2.18. The first kappa shape index (κ1) is 12.5. The summed E-state index contributed by atoms with van der Waals surface area (Å²) in [6, 6.07) is 12.2. The van der Waals surface area contributed by atoms with E-state index in [1.807, 2.05) is 30.3 Å². The van der Waals surface area contributed by atoms with Crippen LogP contribution in [0.4, 0.5) is 0 Å². The summed E-state index contributed by atoms with van der Waals surface area (Å²) in [6.07, 6.45) is 2.76. The van der Waals surface area contributed by atoms with Gasteiger partial charge in [-0.2, -0.15) is 5.26 Å². The summed E-state index contributed by atoms with van der Waals surface area (Å²) in [5.41, 5.74) is 1.86. The fourth-order valence-electron chi connectivity index (χ4n) is 1.96. The van der Waals surface area contributed by atoms with E-state index in [1.54, 1.807) is 6.20 Å². The fourth-order valence-corrected chi connectivity index (χ4v) is 1.96. The zero-order valence-corrected chi connectivity index (χ0v) is 10.7. The topological polar surface area (TPSA) is 48.7 Å². The van der Waals surface area contributed by atoms with E-state index in [1.165, 1.54) is 0 Å². The third-order valence-corrected chi connectivity index (χ3v) is 3.17. The molecule has 1 aromatic heterocycles. The Kier molecular flexibility index (Phi) is 3.91. The minimum atomic E-state index is -0.307. The van der Waals surface area contributed by atoms with Gasteiger partial charge in [0.2, 0.25) is 0 Å². The number of para-hydroxylation sites is 1. The van der Waals surface area contributed by atoms with Crippen LogP contribution < -0.4 is 5.32 Å². The Bertz CT molecular complexity index is 566. The maximum Gasteiger partial charge on any atom is 0.123 e. The lowest BCUT2D eigenvalue weighted by Crippen LogP contribution is -2.29. The van der Waals surface area contributed by atoms with Gasteiger partial charge in [-0.05, 0) is 19.4 Å². The van der Waals surface area contributed by atoms with Gasteiger partial charge >= 0.3 is 0 Å². The molecule has 0 spiro atoms. The van der Waals surface area contributed by atoms with Crippen LogP contribution in [0.3, 0.4) is 0 Å². The Morgan fingerprint density at radius 1 is 1.33 bits per heavy atom. The van der Waals surface area contributed by atoms with Crippen molar-refractivity contribution in [2.45, 2.75) is 32.4 Å². The first-order chi connectivity index (χ1) is 8.76. The van der Waals surface area contributed by atoms with Crippen LogP contribution in [-0.2, 0) is 0 Å². The molecule has 0 bridgehead atoms. The Morgan fingerprint density at radius 3 is 2.83 bits per heavy atom. The summed E-state index contributed by atoms with van der Waals surface area (Å²) in [5.74, 6) is 0. The fraction of sp³-hybridized carbons (Fsp3) is 0.333. The summed E-state index contributed by atoms with van der Waals surface area (Å²) in [5, 5.41) is 13.7. The number of nitrogens with one attached hydrogen (secondary N) is 1. The standard InChI is InChI=1S/C15H17N3/c1-3-11(2)18-14(10-16)13-8-4-6-12-7-5-9-17-15(12)13/h4-9,11,14,18H,3H2,1-2H3. The van der Waals surface area contributed by atoms with Crippen molar-refractivity contribution in [1.82, 2.24) is 10.3 Å². The number of nitriles is 1. The number of hydrogen-bond donors (Lipinski definition) is 1. The molecule has 1 aromatic carbocycles. The van der Waals surface area contributed by atoms with Gasteiger partial charge in [0, 0.05) is 23.2 Å². The van der Waals surface area contributed by atoms with Crippen molar-refractivity contribution < 1.29 is 0 Å². The van der Waals surface area contributed by atoms with Gasteiger partial charge in [0.25, 0.3) is 0 Å². The van der Waals surface area contributed by atoms with Crippen molar-refractivity contribution in [1.29, 1.82) is 5.26 Å². The van der Waals surface area contributed by atoms with Gasteiger partial charge in [-0.1, -0.05) is 31.2 Å². The van der Waals surface area contributed by atoms with E-state index in [9.17, 15) is 5.26 Å². The van der Waals surface area contributed by atoms with Crippen LogP contribution in [0.25, 0.3) is 10.9 Å². The number of nitrogens with zero attached hydrogens (tertiary/aromatic N) is 2. The first-order valence-corrected chi connectivity index (χ1v) is 6.25. The van der Waals surface area contributed by atoms with Crippen molar-refractivity contribution in [3.05, 3.63) is 42.1 Å². The first-order valence-electron chi connectivity index (χ1n) is 6.25. The maximum absolute atomic E-state index is 9.34. The number of rotatable bonds is 4. The highest BCUT2D eigenvalue weighted by atomic mass is 14.9. The van der Waals surface area contributed by atoms with Gasteiger partial charge in [-0.25, -0.2) is 0 Å². The molecule has 2 aromatic rings. The van der Waals surface area contributed by atoms with E-state index in [2.05, 4.69) is 30.2 Å². The molecule has 1 N–H and O–H groups in total. The maximum atomic E-state index is 9.34. The molecule has 3 nitrogen and oxygen atoms in total. The Labute approximate surface area is 107 Å². The molecular weight excluding hydrogens is 222 g/mol. The molecular formula is C15H17N3. The second kappa shape index (κ2) is 5.61. The normalized spacial score (nSPS) is 14.1. The number of pyridine rings is 1. The van der Waals surface area contributed by atoms with Crippen molar-refractivity contribution in [2.75, 3.05) is 0 Å². The number of hydrogen-bond acceptors (Lipinski definition) is 3. The average molecular weight is 239 g/mol. The molecule has 2 rings (SSSR count). The quantitative estimate of drug-likeness (QED) is 0.891. The molecule has 3 heteroatoms. The Morgan fingerprint density at radius 2 is 2.11 bits per heavy atom. The van der Waals surface area contributed by atoms with Gasteiger partial charge in [0.15, 0.2) is 0 Å². The zero-order chi connectivity index (χ0) is 13.0. The Balaban J connectivity index is 2.43. The SMILES string of the molecule is CCC(C)NC(C#N)c1cccc2cccnc12. The van der Waals surface area contributed by atoms with E-state index in [0.717, 1.165) is 22.9 Å². The third-order valence-electron chi connectivity index (χ3n) is 3.17. The summed E-state index contributed by atoms with van der Waals surface area (Å²) < 4.78 is 0. The van der Waals surface area contributed by atoms with Crippen molar-refractivity contribution in [3.63, 3.8) is 0 Å². The average Bonchev–Trinajstić information content (AvgIpc) is 2.44. The van der Waals surface area contributed by atoms with Gasteiger partial charge < -0.3 is 0 Å². The zero-order valence-electron chi connectivity index (χ0n) is 10.7. The summed E-state index contributed by atoms with van der Waals surface area (Å²) in [4.78, 5) is 4.39. The molecule has 0 aliphatic carbocycles. The van der Waals surface area contributed by atoms with Crippen molar-refractivity contribution >= 4 is 10.9 Å². The van der Waals surface area contributed by atoms with Crippen LogP contribution in [0.5, 0.6) is 0 Å². The minimum absolute atomic E-state index is 0.307. The van der Waals surface area contributed by atoms with Crippen LogP contribution in [-0.4, -0.2) is 11.0 Å². The second-order valence-corrected chi connectivity index (χ2v) is 4.46. The second-order valence-electron chi connectivity index (χ2n) is 4.46. The molecule has 0 radical (unpaired) electrons. The van der Waals surface area contributed by atoms with E-state index in [0.29, 0.717) is 6.04 Å². The third kappa shape index (κ3) is 2.49. The van der Waals surface area contributed by atoms with E-state index >= 15 is 0 Å². The molecule has 0 saturated carbocycles. The molecule has 0 aliphatic heterocycles. The molecule has 0 aliphatic rings. The molecule has 1 heterocycles. The summed E-state index contributed by atoms with van der Waals surface area (Å²) in [7, 11) is 0. The number of fused-ring (bicyclic) bond motifs is 1. The summed E-state index contributed by atoms with van der Waals surface area (Å²) in [6.45, 7) is 4.19. The highest BCUT2D eigenvalue weighted by Crippen LogP contribution is 2.22. The smallest absolute Gasteiger partial charge is 0.123 e.